The summed E-state index contributed by atoms with van der Waals surface area (Å²) in [5, 5.41) is 22.7. The second-order valence-corrected chi connectivity index (χ2v) is 6.91. The first kappa shape index (κ1) is 15.3. The fourth-order valence-corrected chi connectivity index (χ4v) is 2.26. The Kier molecular flexibility index (Phi) is 5.19. The summed E-state index contributed by atoms with van der Waals surface area (Å²) >= 11 is 1.79. The second-order valence-electron chi connectivity index (χ2n) is 4.99. The van der Waals surface area contributed by atoms with E-state index in [-0.39, 0.29) is 10.4 Å². The largest absolute Gasteiger partial charge is 0.379 e. The van der Waals surface area contributed by atoms with Crippen LogP contribution in [0, 0.1) is 21.4 Å². The van der Waals surface area contributed by atoms with Gasteiger partial charge in [0, 0.05) is 23.1 Å². The highest BCUT2D eigenvalue weighted by Gasteiger charge is 2.15. The maximum absolute atomic E-state index is 10.9. The number of hydrogen-bond acceptors (Lipinski definition) is 5. The number of nitro benzene ring substituents is 1. The zero-order valence-corrected chi connectivity index (χ0v) is 12.1. The van der Waals surface area contributed by atoms with Gasteiger partial charge in [-0.25, -0.2) is 0 Å². The van der Waals surface area contributed by atoms with Crippen molar-refractivity contribution in [3.8, 4) is 6.07 Å². The van der Waals surface area contributed by atoms with Crippen molar-refractivity contribution < 1.29 is 4.92 Å². The lowest BCUT2D eigenvalue weighted by molar-refractivity contribution is -0.384. The molecule has 0 radical (unpaired) electrons. The summed E-state index contributed by atoms with van der Waals surface area (Å²) in [5.41, 5.74) is 0.694. The van der Waals surface area contributed by atoms with Crippen LogP contribution in [0.4, 0.5) is 11.4 Å². The first-order valence-electron chi connectivity index (χ1n) is 5.90. The normalized spacial score (nSPS) is 10.8. The number of nitrogens with zero attached hydrogens (tertiary/aromatic N) is 2. The first-order chi connectivity index (χ1) is 8.83. The van der Waals surface area contributed by atoms with E-state index in [2.05, 4.69) is 26.1 Å². The maximum Gasteiger partial charge on any atom is 0.293 e. The van der Waals surface area contributed by atoms with Gasteiger partial charge in [0.25, 0.3) is 5.69 Å². The number of rotatable bonds is 5. The summed E-state index contributed by atoms with van der Waals surface area (Å²) in [5.74, 6) is 0.862. The number of nitrogens with one attached hydrogen (secondary N) is 1. The minimum Gasteiger partial charge on any atom is -0.379 e. The van der Waals surface area contributed by atoms with Crippen LogP contribution in [0.2, 0.25) is 0 Å². The van der Waals surface area contributed by atoms with Crippen LogP contribution in [0.25, 0.3) is 0 Å². The summed E-state index contributed by atoms with van der Waals surface area (Å²) < 4.78 is 0.179. The van der Waals surface area contributed by atoms with Crippen molar-refractivity contribution in [1.82, 2.24) is 0 Å². The molecule has 1 aromatic rings. The summed E-state index contributed by atoms with van der Waals surface area (Å²) in [6.07, 6.45) is 0. The number of thioether (sulfide) groups is 1. The second kappa shape index (κ2) is 6.43. The molecular formula is C13H17N3O2S. The molecule has 0 aromatic heterocycles. The lowest BCUT2D eigenvalue weighted by Gasteiger charge is -2.17. The predicted molar refractivity (Wildman–Crippen MR) is 78.5 cm³/mol. The molecule has 0 atom stereocenters. The molecule has 0 aliphatic heterocycles. The third-order valence-electron chi connectivity index (χ3n) is 2.28. The Morgan fingerprint density at radius 2 is 2.16 bits per heavy atom. The molecule has 0 bridgehead atoms. The van der Waals surface area contributed by atoms with E-state index in [0.717, 1.165) is 5.75 Å². The van der Waals surface area contributed by atoms with E-state index in [4.69, 9.17) is 5.26 Å². The van der Waals surface area contributed by atoms with Gasteiger partial charge < -0.3 is 5.32 Å². The molecule has 102 valence electrons. The fourth-order valence-electron chi connectivity index (χ4n) is 1.44. The zero-order chi connectivity index (χ0) is 14.5. The first-order valence-corrected chi connectivity index (χ1v) is 6.88. The van der Waals surface area contributed by atoms with Gasteiger partial charge in [-0.2, -0.15) is 17.0 Å². The van der Waals surface area contributed by atoms with Crippen molar-refractivity contribution in [3.05, 3.63) is 33.9 Å². The molecule has 0 aliphatic rings. The molecular weight excluding hydrogens is 262 g/mol. The van der Waals surface area contributed by atoms with Gasteiger partial charge in [0.15, 0.2) is 0 Å². The third kappa shape index (κ3) is 5.18. The van der Waals surface area contributed by atoms with Crippen LogP contribution in [-0.4, -0.2) is 22.0 Å². The van der Waals surface area contributed by atoms with Crippen molar-refractivity contribution in [2.24, 2.45) is 0 Å². The van der Waals surface area contributed by atoms with Gasteiger partial charge >= 0.3 is 0 Å². The van der Waals surface area contributed by atoms with Crippen molar-refractivity contribution in [3.63, 3.8) is 0 Å². The molecule has 0 saturated heterocycles. The Balaban J connectivity index is 2.68. The molecule has 6 heteroatoms. The molecule has 0 heterocycles. The van der Waals surface area contributed by atoms with Gasteiger partial charge in [-0.1, -0.05) is 20.8 Å². The SMILES string of the molecule is CC(C)(C)SCCNc1ccc(C#N)cc1[N+](=O)[O-]. The minimum absolute atomic E-state index is 0.0557. The molecule has 19 heavy (non-hydrogen) atoms. The maximum atomic E-state index is 10.9. The third-order valence-corrected chi connectivity index (χ3v) is 3.55. The van der Waals surface area contributed by atoms with E-state index in [1.54, 1.807) is 23.9 Å². The molecule has 1 aromatic carbocycles. The molecule has 1 rings (SSSR count). The van der Waals surface area contributed by atoms with Crippen LogP contribution in [0.5, 0.6) is 0 Å². The van der Waals surface area contributed by atoms with E-state index in [1.165, 1.54) is 6.07 Å². The Labute approximate surface area is 117 Å². The summed E-state index contributed by atoms with van der Waals surface area (Å²) in [4.78, 5) is 10.5. The molecule has 0 spiro atoms. The number of nitriles is 1. The monoisotopic (exact) mass is 279 g/mol. The minimum atomic E-state index is -0.472. The van der Waals surface area contributed by atoms with Crippen LogP contribution in [-0.2, 0) is 0 Å². The van der Waals surface area contributed by atoms with Gasteiger partial charge in [-0.15, -0.1) is 0 Å². The van der Waals surface area contributed by atoms with Crippen molar-refractivity contribution in [2.45, 2.75) is 25.5 Å². The van der Waals surface area contributed by atoms with Crippen molar-refractivity contribution >= 4 is 23.1 Å². The van der Waals surface area contributed by atoms with Crippen molar-refractivity contribution in [2.75, 3.05) is 17.6 Å². The molecule has 0 amide bonds. The average Bonchev–Trinajstić information content (AvgIpc) is 2.33. The zero-order valence-electron chi connectivity index (χ0n) is 11.3. The van der Waals surface area contributed by atoms with Gasteiger partial charge in [-0.3, -0.25) is 10.1 Å². The van der Waals surface area contributed by atoms with Gasteiger partial charge in [-0.05, 0) is 12.1 Å². The highest BCUT2D eigenvalue weighted by molar-refractivity contribution is 8.00. The summed E-state index contributed by atoms with van der Waals surface area (Å²) in [7, 11) is 0. The highest BCUT2D eigenvalue weighted by Crippen LogP contribution is 2.26. The smallest absolute Gasteiger partial charge is 0.293 e. The van der Waals surface area contributed by atoms with Crippen LogP contribution in [0.15, 0.2) is 18.2 Å². The van der Waals surface area contributed by atoms with Crippen LogP contribution in [0.3, 0.4) is 0 Å². The van der Waals surface area contributed by atoms with E-state index >= 15 is 0 Å². The summed E-state index contributed by atoms with van der Waals surface area (Å²) in [6, 6.07) is 6.35. The average molecular weight is 279 g/mol. The molecule has 1 N–H and O–H groups in total. The number of anilines is 1. The lowest BCUT2D eigenvalue weighted by atomic mass is 10.2. The van der Waals surface area contributed by atoms with Crippen LogP contribution < -0.4 is 5.32 Å². The molecule has 0 unspecified atom stereocenters. The molecule has 0 aliphatic carbocycles. The van der Waals surface area contributed by atoms with E-state index in [0.29, 0.717) is 17.8 Å². The number of benzene rings is 1. The number of nitro groups is 1. The summed E-state index contributed by atoms with van der Waals surface area (Å²) in [6.45, 7) is 7.03. The van der Waals surface area contributed by atoms with Gasteiger partial charge in [0.05, 0.1) is 16.6 Å². The lowest BCUT2D eigenvalue weighted by Crippen LogP contribution is -2.13. The molecule has 5 nitrogen and oxygen atoms in total. The van der Waals surface area contributed by atoms with E-state index in [9.17, 15) is 10.1 Å². The standard InChI is InChI=1S/C13H17N3O2S/c1-13(2,3)19-7-6-15-11-5-4-10(9-14)8-12(11)16(17)18/h4-5,8,15H,6-7H2,1-3H3. The van der Waals surface area contributed by atoms with E-state index < -0.39 is 4.92 Å². The Morgan fingerprint density at radius 1 is 1.47 bits per heavy atom. The van der Waals surface area contributed by atoms with Gasteiger partial charge in [0.1, 0.15) is 5.69 Å². The Bertz CT molecular complexity index is 504. The topological polar surface area (TPSA) is 79.0 Å². The van der Waals surface area contributed by atoms with Gasteiger partial charge in [0.2, 0.25) is 0 Å². The quantitative estimate of drug-likeness (QED) is 0.507. The highest BCUT2D eigenvalue weighted by atomic mass is 32.2. The Morgan fingerprint density at radius 3 is 2.68 bits per heavy atom. The number of hydrogen-bond donors (Lipinski definition) is 1. The Hall–Kier alpha value is -1.74. The molecule has 0 fully saturated rings. The van der Waals surface area contributed by atoms with Crippen molar-refractivity contribution in [1.29, 1.82) is 5.26 Å². The van der Waals surface area contributed by atoms with Crippen LogP contribution in [0.1, 0.15) is 26.3 Å². The molecule has 0 saturated carbocycles. The fraction of sp³-hybridized carbons (Fsp3) is 0.462. The predicted octanol–water partition coefficient (Wildman–Crippen LogP) is 3.41. The van der Waals surface area contributed by atoms with E-state index in [1.807, 2.05) is 6.07 Å². The van der Waals surface area contributed by atoms with Crippen LogP contribution >= 0.6 is 11.8 Å².